The van der Waals surface area contributed by atoms with Gasteiger partial charge in [-0.2, -0.15) is 0 Å². The maximum Gasteiger partial charge on any atom is 0.263 e. The van der Waals surface area contributed by atoms with Crippen LogP contribution in [0.1, 0.15) is 11.1 Å². The van der Waals surface area contributed by atoms with Crippen molar-refractivity contribution in [1.82, 2.24) is 4.98 Å². The first-order valence-electron chi connectivity index (χ1n) is 5.70. The number of hydrogen-bond donors (Lipinski definition) is 2. The Hall–Kier alpha value is -2.08. The van der Waals surface area contributed by atoms with Crippen LogP contribution in [0.5, 0.6) is 0 Å². The molecule has 100 valence electrons. The van der Waals surface area contributed by atoms with E-state index in [-0.39, 0.29) is 4.90 Å². The number of benzene rings is 1. The quantitative estimate of drug-likeness (QED) is 0.841. The van der Waals surface area contributed by atoms with Gasteiger partial charge in [0.25, 0.3) is 10.0 Å². The van der Waals surface area contributed by atoms with Gasteiger partial charge in [0.2, 0.25) is 0 Å². The van der Waals surface area contributed by atoms with Gasteiger partial charge in [-0.05, 0) is 43.2 Å². The minimum Gasteiger partial charge on any atom is -0.398 e. The minimum absolute atomic E-state index is 0.119. The van der Waals surface area contributed by atoms with E-state index in [9.17, 15) is 8.42 Å². The molecule has 2 aromatic rings. The Kier molecular flexibility index (Phi) is 3.44. The van der Waals surface area contributed by atoms with E-state index in [1.807, 2.05) is 6.92 Å². The highest BCUT2D eigenvalue weighted by Gasteiger charge is 2.16. The summed E-state index contributed by atoms with van der Waals surface area (Å²) in [7, 11) is -3.63. The molecule has 0 atom stereocenters. The van der Waals surface area contributed by atoms with Crippen LogP contribution in [0.4, 0.5) is 11.4 Å². The number of rotatable bonds is 3. The summed E-state index contributed by atoms with van der Waals surface area (Å²) in [4.78, 5) is 3.92. The molecular formula is C13H15N3O2S. The molecule has 0 saturated carbocycles. The predicted molar refractivity (Wildman–Crippen MR) is 75.4 cm³/mol. The van der Waals surface area contributed by atoms with E-state index in [1.165, 1.54) is 18.5 Å². The van der Waals surface area contributed by atoms with Crippen molar-refractivity contribution in [1.29, 1.82) is 0 Å². The first-order valence-corrected chi connectivity index (χ1v) is 7.18. The number of nitrogens with one attached hydrogen (secondary N) is 1. The molecule has 0 amide bonds. The number of nitrogens with two attached hydrogens (primary N) is 1. The van der Waals surface area contributed by atoms with Crippen LogP contribution >= 0.6 is 0 Å². The van der Waals surface area contributed by atoms with Crippen molar-refractivity contribution in [2.24, 2.45) is 0 Å². The van der Waals surface area contributed by atoms with Crippen molar-refractivity contribution in [3.05, 3.63) is 47.8 Å². The first kappa shape index (κ1) is 13.4. The van der Waals surface area contributed by atoms with Crippen LogP contribution < -0.4 is 10.5 Å². The lowest BCUT2D eigenvalue weighted by Crippen LogP contribution is -2.14. The highest BCUT2D eigenvalue weighted by atomic mass is 32.2. The van der Waals surface area contributed by atoms with Gasteiger partial charge in [-0.25, -0.2) is 8.42 Å². The summed E-state index contributed by atoms with van der Waals surface area (Å²) < 4.78 is 26.8. The van der Waals surface area contributed by atoms with E-state index >= 15 is 0 Å². The van der Waals surface area contributed by atoms with Crippen LogP contribution in [0, 0.1) is 13.8 Å². The summed E-state index contributed by atoms with van der Waals surface area (Å²) in [5.41, 5.74) is 8.59. The van der Waals surface area contributed by atoms with Crippen molar-refractivity contribution < 1.29 is 8.42 Å². The van der Waals surface area contributed by atoms with Crippen molar-refractivity contribution >= 4 is 21.4 Å². The van der Waals surface area contributed by atoms with Gasteiger partial charge >= 0.3 is 0 Å². The number of aryl methyl sites for hydroxylation is 1. The molecule has 0 bridgehead atoms. The first-order chi connectivity index (χ1) is 8.92. The maximum atomic E-state index is 12.2. The average Bonchev–Trinajstić information content (AvgIpc) is 2.40. The SMILES string of the molecule is Cc1ccc(NS(=O)(=O)c2cccnc2)c(C)c1N. The fourth-order valence-corrected chi connectivity index (χ4v) is 2.77. The Morgan fingerprint density at radius 2 is 1.95 bits per heavy atom. The van der Waals surface area contributed by atoms with Gasteiger partial charge in [0.05, 0.1) is 5.69 Å². The minimum atomic E-state index is -3.63. The molecule has 0 aliphatic carbocycles. The van der Waals surface area contributed by atoms with Gasteiger partial charge in [0.15, 0.2) is 0 Å². The normalized spacial score (nSPS) is 11.3. The van der Waals surface area contributed by atoms with Gasteiger partial charge in [-0.3, -0.25) is 9.71 Å². The summed E-state index contributed by atoms with van der Waals surface area (Å²) in [6, 6.07) is 6.55. The smallest absolute Gasteiger partial charge is 0.263 e. The molecule has 1 aromatic heterocycles. The third-order valence-electron chi connectivity index (χ3n) is 2.92. The summed E-state index contributed by atoms with van der Waals surface area (Å²) in [5.74, 6) is 0. The molecule has 0 saturated heterocycles. The lowest BCUT2D eigenvalue weighted by atomic mass is 10.1. The molecule has 1 aromatic carbocycles. The maximum absolute atomic E-state index is 12.2. The lowest BCUT2D eigenvalue weighted by molar-refractivity contribution is 0.601. The molecule has 0 unspecified atom stereocenters. The number of sulfonamides is 1. The molecule has 2 rings (SSSR count). The zero-order chi connectivity index (χ0) is 14.0. The van der Waals surface area contributed by atoms with E-state index in [4.69, 9.17) is 5.73 Å². The Morgan fingerprint density at radius 3 is 2.58 bits per heavy atom. The molecule has 1 heterocycles. The summed E-state index contributed by atoms with van der Waals surface area (Å²) >= 11 is 0. The van der Waals surface area contributed by atoms with Crippen LogP contribution in [-0.2, 0) is 10.0 Å². The average molecular weight is 277 g/mol. The monoisotopic (exact) mass is 277 g/mol. The zero-order valence-corrected chi connectivity index (χ0v) is 11.5. The third-order valence-corrected chi connectivity index (χ3v) is 4.27. The molecule has 5 nitrogen and oxygen atoms in total. The van der Waals surface area contributed by atoms with E-state index in [1.54, 1.807) is 25.1 Å². The van der Waals surface area contributed by atoms with Gasteiger partial charge in [0.1, 0.15) is 4.90 Å². The van der Waals surface area contributed by atoms with Crippen LogP contribution in [0.3, 0.4) is 0 Å². The molecule has 0 radical (unpaired) electrons. The zero-order valence-electron chi connectivity index (χ0n) is 10.7. The highest BCUT2D eigenvalue weighted by Crippen LogP contribution is 2.26. The van der Waals surface area contributed by atoms with Crippen LogP contribution in [0.15, 0.2) is 41.6 Å². The molecule has 0 spiro atoms. The second-order valence-electron chi connectivity index (χ2n) is 4.26. The van der Waals surface area contributed by atoms with Crippen LogP contribution in [-0.4, -0.2) is 13.4 Å². The number of nitrogens with zero attached hydrogens (tertiary/aromatic N) is 1. The molecule has 19 heavy (non-hydrogen) atoms. The Bertz CT molecular complexity index is 697. The third kappa shape index (κ3) is 2.68. The Labute approximate surface area is 112 Å². The van der Waals surface area contributed by atoms with Crippen molar-refractivity contribution in [3.8, 4) is 0 Å². The van der Waals surface area contributed by atoms with Gasteiger partial charge < -0.3 is 5.73 Å². The second-order valence-corrected chi connectivity index (χ2v) is 5.95. The number of pyridine rings is 1. The topological polar surface area (TPSA) is 85.1 Å². The van der Waals surface area contributed by atoms with E-state index in [0.29, 0.717) is 16.9 Å². The number of anilines is 2. The summed E-state index contributed by atoms with van der Waals surface area (Å²) in [6.07, 6.45) is 2.82. The van der Waals surface area contributed by atoms with Crippen molar-refractivity contribution in [2.45, 2.75) is 18.7 Å². The number of aromatic nitrogens is 1. The molecular weight excluding hydrogens is 262 g/mol. The van der Waals surface area contributed by atoms with E-state index < -0.39 is 10.0 Å². The Balaban J connectivity index is 2.40. The lowest BCUT2D eigenvalue weighted by Gasteiger charge is -2.13. The van der Waals surface area contributed by atoms with Gasteiger partial charge in [-0.1, -0.05) is 6.07 Å². The summed E-state index contributed by atoms with van der Waals surface area (Å²) in [6.45, 7) is 3.66. The van der Waals surface area contributed by atoms with Crippen LogP contribution in [0.25, 0.3) is 0 Å². The highest BCUT2D eigenvalue weighted by molar-refractivity contribution is 7.92. The molecule has 0 aliphatic heterocycles. The van der Waals surface area contributed by atoms with E-state index in [2.05, 4.69) is 9.71 Å². The van der Waals surface area contributed by atoms with Crippen molar-refractivity contribution in [3.63, 3.8) is 0 Å². The fraction of sp³-hybridized carbons (Fsp3) is 0.154. The molecule has 3 N–H and O–H groups in total. The van der Waals surface area contributed by atoms with E-state index in [0.717, 1.165) is 5.56 Å². The largest absolute Gasteiger partial charge is 0.398 e. The van der Waals surface area contributed by atoms with Gasteiger partial charge in [0, 0.05) is 18.1 Å². The van der Waals surface area contributed by atoms with Crippen molar-refractivity contribution in [2.75, 3.05) is 10.5 Å². The fourth-order valence-electron chi connectivity index (χ4n) is 1.68. The molecule has 6 heteroatoms. The number of nitrogen functional groups attached to an aromatic ring is 1. The number of hydrogen-bond acceptors (Lipinski definition) is 4. The molecule has 0 aliphatic rings. The predicted octanol–water partition coefficient (Wildman–Crippen LogP) is 2.08. The second kappa shape index (κ2) is 4.89. The van der Waals surface area contributed by atoms with Crippen LogP contribution in [0.2, 0.25) is 0 Å². The standard InChI is InChI=1S/C13H15N3O2S/c1-9-5-6-12(10(2)13(9)14)16-19(17,18)11-4-3-7-15-8-11/h3-8,16H,14H2,1-2H3. The summed E-state index contributed by atoms with van der Waals surface area (Å²) in [5, 5.41) is 0. The van der Waals surface area contributed by atoms with Gasteiger partial charge in [-0.15, -0.1) is 0 Å². The molecule has 0 fully saturated rings. The Morgan fingerprint density at radius 1 is 1.21 bits per heavy atom.